The predicted octanol–water partition coefficient (Wildman–Crippen LogP) is 2.80. The Labute approximate surface area is 150 Å². The van der Waals surface area contributed by atoms with Gasteiger partial charge in [-0.05, 0) is 52.2 Å². The zero-order valence-electron chi connectivity index (χ0n) is 15.7. The van der Waals surface area contributed by atoms with Crippen LogP contribution in [0.5, 0.6) is 0 Å². The van der Waals surface area contributed by atoms with Crippen molar-refractivity contribution in [2.75, 3.05) is 5.32 Å². The third kappa shape index (κ3) is 5.67. The highest BCUT2D eigenvalue weighted by Gasteiger charge is 2.29. The standard InChI is InChI=1S/C17H29N3O4S/c1-11(2)9-15(17(21)22)19-16-8-7-14(10-18-16)25(23,24)20(12(3)4)13(5)6/h7-8,10-13,15H,9H2,1-6H3,(H,18,19)(H,21,22)/t15-/m0/s1. The molecule has 1 aromatic heterocycles. The minimum atomic E-state index is -3.65. The van der Waals surface area contributed by atoms with E-state index in [2.05, 4.69) is 10.3 Å². The Morgan fingerprint density at radius 3 is 2.08 bits per heavy atom. The second-order valence-electron chi connectivity index (χ2n) is 7.07. The molecule has 0 aliphatic heterocycles. The molecule has 0 fully saturated rings. The Morgan fingerprint density at radius 1 is 1.16 bits per heavy atom. The quantitative estimate of drug-likeness (QED) is 0.692. The first kappa shape index (κ1) is 21.4. The molecule has 0 unspecified atom stereocenters. The second kappa shape index (κ2) is 8.62. The van der Waals surface area contributed by atoms with Crippen LogP contribution in [0.15, 0.2) is 23.2 Å². The van der Waals surface area contributed by atoms with E-state index in [0.717, 1.165) is 0 Å². The number of carboxylic acids is 1. The molecule has 1 atom stereocenters. The highest BCUT2D eigenvalue weighted by Crippen LogP contribution is 2.21. The van der Waals surface area contributed by atoms with Crippen molar-refractivity contribution in [1.29, 1.82) is 0 Å². The van der Waals surface area contributed by atoms with Crippen molar-refractivity contribution in [2.45, 2.75) is 71.0 Å². The molecule has 1 aromatic rings. The molecule has 0 aromatic carbocycles. The van der Waals surface area contributed by atoms with Crippen molar-refractivity contribution >= 4 is 21.8 Å². The van der Waals surface area contributed by atoms with Crippen LogP contribution in [0.3, 0.4) is 0 Å². The van der Waals surface area contributed by atoms with Crippen LogP contribution in [0.25, 0.3) is 0 Å². The van der Waals surface area contributed by atoms with Crippen LogP contribution in [-0.4, -0.2) is 46.9 Å². The van der Waals surface area contributed by atoms with Gasteiger partial charge in [0.25, 0.3) is 0 Å². The lowest BCUT2D eigenvalue weighted by molar-refractivity contribution is -0.138. The first-order valence-corrected chi connectivity index (χ1v) is 9.89. The highest BCUT2D eigenvalue weighted by molar-refractivity contribution is 7.89. The number of nitrogens with one attached hydrogen (secondary N) is 1. The van der Waals surface area contributed by atoms with E-state index < -0.39 is 22.0 Å². The first-order valence-electron chi connectivity index (χ1n) is 8.45. The summed E-state index contributed by atoms with van der Waals surface area (Å²) in [5.74, 6) is -0.412. The number of carboxylic acid groups (broad SMARTS) is 1. The van der Waals surface area contributed by atoms with Gasteiger partial charge in [0.05, 0.1) is 0 Å². The molecule has 0 aliphatic rings. The summed E-state index contributed by atoms with van der Waals surface area (Å²) in [4.78, 5) is 15.5. The summed E-state index contributed by atoms with van der Waals surface area (Å²) >= 11 is 0. The third-order valence-corrected chi connectivity index (χ3v) is 5.89. The average Bonchev–Trinajstić information content (AvgIpc) is 2.45. The molecule has 0 spiro atoms. The summed E-state index contributed by atoms with van der Waals surface area (Å²) in [7, 11) is -3.65. The van der Waals surface area contributed by atoms with E-state index in [1.165, 1.54) is 22.6 Å². The van der Waals surface area contributed by atoms with Crippen LogP contribution < -0.4 is 5.32 Å². The third-order valence-electron chi connectivity index (χ3n) is 3.66. The van der Waals surface area contributed by atoms with Gasteiger partial charge >= 0.3 is 5.97 Å². The molecule has 0 aliphatic carbocycles. The lowest BCUT2D eigenvalue weighted by atomic mass is 10.0. The van der Waals surface area contributed by atoms with Gasteiger partial charge in [-0.1, -0.05) is 13.8 Å². The molecule has 1 rings (SSSR count). The van der Waals surface area contributed by atoms with Gasteiger partial charge in [0.2, 0.25) is 10.0 Å². The number of hydrogen-bond donors (Lipinski definition) is 2. The number of hydrogen-bond acceptors (Lipinski definition) is 5. The van der Waals surface area contributed by atoms with Gasteiger partial charge in [-0.15, -0.1) is 0 Å². The van der Waals surface area contributed by atoms with Crippen molar-refractivity contribution in [2.24, 2.45) is 5.92 Å². The van der Waals surface area contributed by atoms with Crippen LogP contribution >= 0.6 is 0 Å². The largest absolute Gasteiger partial charge is 0.480 e. The molecule has 0 saturated carbocycles. The Balaban J connectivity index is 3.04. The molecule has 0 bridgehead atoms. The SMILES string of the molecule is CC(C)C[C@H](Nc1ccc(S(=O)(=O)N(C(C)C)C(C)C)cn1)C(=O)O. The van der Waals surface area contributed by atoms with Crippen LogP contribution in [-0.2, 0) is 14.8 Å². The molecule has 2 N–H and O–H groups in total. The van der Waals surface area contributed by atoms with Gasteiger partial charge in [0.15, 0.2) is 0 Å². The summed E-state index contributed by atoms with van der Waals surface area (Å²) in [6, 6.07) is 1.84. The van der Waals surface area contributed by atoms with E-state index >= 15 is 0 Å². The molecule has 0 radical (unpaired) electrons. The number of aliphatic carboxylic acids is 1. The normalized spacial score (nSPS) is 13.7. The molecule has 7 nitrogen and oxygen atoms in total. The summed E-state index contributed by atoms with van der Waals surface area (Å²) in [5, 5.41) is 12.1. The summed E-state index contributed by atoms with van der Waals surface area (Å²) in [6.07, 6.45) is 1.72. The number of nitrogens with zero attached hydrogens (tertiary/aromatic N) is 2. The minimum absolute atomic E-state index is 0.0937. The maximum Gasteiger partial charge on any atom is 0.326 e. The van der Waals surface area contributed by atoms with Crippen molar-refractivity contribution in [3.63, 3.8) is 0 Å². The van der Waals surface area contributed by atoms with Gasteiger partial charge < -0.3 is 10.4 Å². The van der Waals surface area contributed by atoms with Crippen molar-refractivity contribution in [1.82, 2.24) is 9.29 Å². The number of pyridine rings is 1. The Morgan fingerprint density at radius 2 is 1.72 bits per heavy atom. The minimum Gasteiger partial charge on any atom is -0.480 e. The Bertz CT molecular complexity index is 662. The van der Waals surface area contributed by atoms with Crippen LogP contribution in [0, 0.1) is 5.92 Å². The Hall–Kier alpha value is -1.67. The van der Waals surface area contributed by atoms with E-state index in [9.17, 15) is 18.3 Å². The van der Waals surface area contributed by atoms with Crippen LogP contribution in [0.2, 0.25) is 0 Å². The fourth-order valence-electron chi connectivity index (χ4n) is 2.76. The van der Waals surface area contributed by atoms with E-state index in [1.54, 1.807) is 0 Å². The van der Waals surface area contributed by atoms with Gasteiger partial charge in [0.1, 0.15) is 16.8 Å². The van der Waals surface area contributed by atoms with Gasteiger partial charge in [0, 0.05) is 18.3 Å². The molecular formula is C17H29N3O4S. The van der Waals surface area contributed by atoms with E-state index in [4.69, 9.17) is 0 Å². The fraction of sp³-hybridized carbons (Fsp3) is 0.647. The Kier molecular flexibility index (Phi) is 7.37. The average molecular weight is 372 g/mol. The second-order valence-corrected chi connectivity index (χ2v) is 8.91. The fourth-order valence-corrected chi connectivity index (χ4v) is 4.54. The number of carbonyl (C=O) groups is 1. The highest BCUT2D eigenvalue weighted by atomic mass is 32.2. The number of sulfonamides is 1. The molecule has 25 heavy (non-hydrogen) atoms. The van der Waals surface area contributed by atoms with E-state index in [0.29, 0.717) is 12.2 Å². The summed E-state index contributed by atoms with van der Waals surface area (Å²) < 4.78 is 27.0. The van der Waals surface area contributed by atoms with Crippen molar-refractivity contribution in [3.8, 4) is 0 Å². The topological polar surface area (TPSA) is 99.6 Å². The van der Waals surface area contributed by atoms with Gasteiger partial charge in [-0.25, -0.2) is 18.2 Å². The number of aromatic nitrogens is 1. The maximum atomic E-state index is 12.8. The van der Waals surface area contributed by atoms with Gasteiger partial charge in [-0.2, -0.15) is 4.31 Å². The van der Waals surface area contributed by atoms with Crippen LogP contribution in [0.4, 0.5) is 5.82 Å². The molecule has 1 heterocycles. The number of rotatable bonds is 9. The lowest BCUT2D eigenvalue weighted by Crippen LogP contribution is -2.41. The first-order chi connectivity index (χ1) is 11.5. The van der Waals surface area contributed by atoms with E-state index in [-0.39, 0.29) is 22.9 Å². The smallest absolute Gasteiger partial charge is 0.326 e. The maximum absolute atomic E-state index is 12.8. The van der Waals surface area contributed by atoms with Crippen molar-refractivity contribution in [3.05, 3.63) is 18.3 Å². The van der Waals surface area contributed by atoms with Gasteiger partial charge in [-0.3, -0.25) is 0 Å². The lowest BCUT2D eigenvalue weighted by Gasteiger charge is -2.29. The summed E-state index contributed by atoms with van der Waals surface area (Å²) in [6.45, 7) is 11.2. The predicted molar refractivity (Wildman–Crippen MR) is 98.0 cm³/mol. The molecule has 142 valence electrons. The summed E-state index contributed by atoms with van der Waals surface area (Å²) in [5.41, 5.74) is 0. The zero-order valence-corrected chi connectivity index (χ0v) is 16.5. The number of anilines is 1. The van der Waals surface area contributed by atoms with E-state index in [1.807, 2.05) is 41.5 Å². The molecular weight excluding hydrogens is 342 g/mol. The van der Waals surface area contributed by atoms with Crippen molar-refractivity contribution < 1.29 is 18.3 Å². The molecule has 0 amide bonds. The zero-order chi connectivity index (χ0) is 19.4. The molecule has 8 heteroatoms. The monoisotopic (exact) mass is 371 g/mol. The van der Waals surface area contributed by atoms with Crippen LogP contribution in [0.1, 0.15) is 48.0 Å². The molecule has 0 saturated heterocycles.